The number of carbonyl (C=O) groups excluding carboxylic acids is 1. The van der Waals surface area contributed by atoms with Crippen LogP contribution >= 0.6 is 0 Å². The molecule has 2 N–H and O–H groups in total. The van der Waals surface area contributed by atoms with Gasteiger partial charge in [-0.1, -0.05) is 60.7 Å². The predicted octanol–water partition coefficient (Wildman–Crippen LogP) is 4.92. The average molecular weight is 410 g/mol. The van der Waals surface area contributed by atoms with Crippen molar-refractivity contribution in [1.82, 2.24) is 4.98 Å². The zero-order valence-electron chi connectivity index (χ0n) is 17.2. The van der Waals surface area contributed by atoms with Crippen molar-refractivity contribution in [1.29, 1.82) is 0 Å². The highest BCUT2D eigenvalue weighted by atomic mass is 16.5. The minimum absolute atomic E-state index is 0.0167. The first-order chi connectivity index (χ1) is 15.2. The minimum Gasteiger partial charge on any atom is -0.477 e. The number of nitrogens with one attached hydrogen (secondary N) is 1. The van der Waals surface area contributed by atoms with Crippen LogP contribution in [0.1, 0.15) is 22.8 Å². The molecule has 4 aromatic rings. The van der Waals surface area contributed by atoms with E-state index in [1.807, 2.05) is 73.7 Å². The molecule has 0 aliphatic heterocycles. The summed E-state index contributed by atoms with van der Waals surface area (Å²) >= 11 is 0. The Labute approximate surface area is 180 Å². The normalized spacial score (nSPS) is 12.0. The van der Waals surface area contributed by atoms with E-state index in [-0.39, 0.29) is 12.4 Å². The SMILES string of the molecule is CCOc1nc2c3c(cccc3c1-c1ccccc1)C(=O)c1c(NCCO)cccc1-2. The minimum atomic E-state index is -0.0425. The highest BCUT2D eigenvalue weighted by molar-refractivity contribution is 6.28. The van der Waals surface area contributed by atoms with Gasteiger partial charge in [0.25, 0.3) is 0 Å². The van der Waals surface area contributed by atoms with Crippen LogP contribution in [0.15, 0.2) is 66.7 Å². The van der Waals surface area contributed by atoms with Gasteiger partial charge in [0.05, 0.1) is 30.0 Å². The van der Waals surface area contributed by atoms with Crippen molar-refractivity contribution in [3.05, 3.63) is 77.9 Å². The van der Waals surface area contributed by atoms with Crippen molar-refractivity contribution in [2.45, 2.75) is 6.92 Å². The molecule has 3 aromatic carbocycles. The van der Waals surface area contributed by atoms with E-state index in [9.17, 15) is 9.90 Å². The van der Waals surface area contributed by atoms with E-state index in [1.54, 1.807) is 0 Å². The number of aliphatic hydroxyl groups excluding tert-OH is 1. The molecule has 0 saturated carbocycles. The molecule has 1 heterocycles. The standard InChI is InChI=1S/C26H22N2O3/c1-2-31-26-21(16-8-4-3-5-9-16)17-10-6-12-19-22(17)24(28-26)18-11-7-13-20(27-14-15-29)23(18)25(19)30/h3-13,27,29H,2,14-15H2,1H3. The zero-order valence-corrected chi connectivity index (χ0v) is 17.2. The lowest BCUT2D eigenvalue weighted by molar-refractivity contribution is 0.104. The van der Waals surface area contributed by atoms with Gasteiger partial charge in [0, 0.05) is 28.7 Å². The van der Waals surface area contributed by atoms with Crippen LogP contribution in [0.25, 0.3) is 33.2 Å². The van der Waals surface area contributed by atoms with Gasteiger partial charge in [-0.15, -0.1) is 0 Å². The molecule has 1 aliphatic rings. The summed E-state index contributed by atoms with van der Waals surface area (Å²) in [7, 11) is 0. The second-order valence-corrected chi connectivity index (χ2v) is 7.38. The number of pyridine rings is 1. The van der Waals surface area contributed by atoms with E-state index in [0.717, 1.165) is 33.2 Å². The Morgan fingerprint density at radius 2 is 1.71 bits per heavy atom. The number of ketones is 1. The van der Waals surface area contributed by atoms with Crippen molar-refractivity contribution < 1.29 is 14.6 Å². The molecule has 31 heavy (non-hydrogen) atoms. The molecule has 0 unspecified atom stereocenters. The third kappa shape index (κ3) is 3.05. The highest BCUT2D eigenvalue weighted by Gasteiger charge is 2.31. The summed E-state index contributed by atoms with van der Waals surface area (Å²) in [5.74, 6) is 0.515. The average Bonchev–Trinajstić information content (AvgIpc) is 2.81. The fourth-order valence-corrected chi connectivity index (χ4v) is 4.32. The molecule has 5 heteroatoms. The summed E-state index contributed by atoms with van der Waals surface area (Å²) < 4.78 is 6.00. The first-order valence-corrected chi connectivity index (χ1v) is 10.4. The number of fused-ring (bicyclic) bond motifs is 2. The van der Waals surface area contributed by atoms with Gasteiger partial charge < -0.3 is 15.2 Å². The highest BCUT2D eigenvalue weighted by Crippen LogP contribution is 2.46. The van der Waals surface area contributed by atoms with E-state index >= 15 is 0 Å². The van der Waals surface area contributed by atoms with Gasteiger partial charge in [0.15, 0.2) is 5.78 Å². The Morgan fingerprint density at radius 1 is 0.935 bits per heavy atom. The van der Waals surface area contributed by atoms with Crippen LogP contribution in [0.5, 0.6) is 5.88 Å². The van der Waals surface area contributed by atoms with Crippen LogP contribution in [0.3, 0.4) is 0 Å². The first kappa shape index (κ1) is 19.3. The van der Waals surface area contributed by atoms with E-state index in [1.165, 1.54) is 0 Å². The van der Waals surface area contributed by atoms with Gasteiger partial charge in [-0.05, 0) is 23.9 Å². The number of anilines is 1. The maximum absolute atomic E-state index is 13.6. The van der Waals surface area contributed by atoms with Crippen LogP contribution in [0.2, 0.25) is 0 Å². The van der Waals surface area contributed by atoms with Crippen LogP contribution in [0.4, 0.5) is 5.69 Å². The maximum atomic E-state index is 13.6. The second-order valence-electron chi connectivity index (χ2n) is 7.38. The van der Waals surface area contributed by atoms with Crippen LogP contribution in [-0.2, 0) is 0 Å². The van der Waals surface area contributed by atoms with Gasteiger partial charge in [-0.3, -0.25) is 4.79 Å². The molecule has 0 fully saturated rings. The quantitative estimate of drug-likeness (QED) is 0.416. The predicted molar refractivity (Wildman–Crippen MR) is 123 cm³/mol. The summed E-state index contributed by atoms with van der Waals surface area (Å²) in [5.41, 5.74) is 5.33. The first-order valence-electron chi connectivity index (χ1n) is 10.4. The Morgan fingerprint density at radius 3 is 2.48 bits per heavy atom. The number of benzene rings is 3. The molecule has 5 rings (SSSR count). The van der Waals surface area contributed by atoms with Crippen molar-refractivity contribution >= 4 is 22.2 Å². The number of hydrogen-bond acceptors (Lipinski definition) is 5. The Bertz CT molecular complexity index is 1300. The molecule has 0 atom stereocenters. The van der Waals surface area contributed by atoms with Crippen molar-refractivity contribution in [2.75, 3.05) is 25.1 Å². The van der Waals surface area contributed by atoms with Gasteiger partial charge in [0.2, 0.25) is 5.88 Å². The van der Waals surface area contributed by atoms with Crippen molar-refractivity contribution in [3.63, 3.8) is 0 Å². The Kier molecular flexibility index (Phi) is 4.88. The summed E-state index contributed by atoms with van der Waals surface area (Å²) in [6.07, 6.45) is 0. The molecule has 0 bridgehead atoms. The van der Waals surface area contributed by atoms with Gasteiger partial charge in [-0.2, -0.15) is 0 Å². The van der Waals surface area contributed by atoms with Crippen molar-refractivity contribution in [3.8, 4) is 28.3 Å². The van der Waals surface area contributed by atoms with Crippen LogP contribution in [-0.4, -0.2) is 35.6 Å². The Hall–Kier alpha value is -3.70. The fraction of sp³-hybridized carbons (Fsp3) is 0.154. The van der Waals surface area contributed by atoms with E-state index in [4.69, 9.17) is 9.72 Å². The third-order valence-corrected chi connectivity index (χ3v) is 5.56. The summed E-state index contributed by atoms with van der Waals surface area (Å²) in [6, 6.07) is 21.5. The molecular weight excluding hydrogens is 388 g/mol. The molecule has 1 aliphatic carbocycles. The number of aromatic nitrogens is 1. The van der Waals surface area contributed by atoms with E-state index in [0.29, 0.717) is 35.8 Å². The number of hydrogen-bond donors (Lipinski definition) is 2. The summed E-state index contributed by atoms with van der Waals surface area (Å²) in [5, 5.41) is 14.2. The lowest BCUT2D eigenvalue weighted by Gasteiger charge is -2.24. The molecule has 1 aromatic heterocycles. The number of carbonyl (C=O) groups is 1. The second kappa shape index (κ2) is 7.85. The van der Waals surface area contributed by atoms with Gasteiger partial charge in [-0.25, -0.2) is 4.98 Å². The Balaban J connectivity index is 1.87. The van der Waals surface area contributed by atoms with Gasteiger partial charge >= 0.3 is 0 Å². The van der Waals surface area contributed by atoms with E-state index < -0.39 is 0 Å². The number of aliphatic hydroxyl groups is 1. The molecule has 0 saturated heterocycles. The molecule has 0 amide bonds. The number of nitrogens with zero attached hydrogens (tertiary/aromatic N) is 1. The maximum Gasteiger partial charge on any atom is 0.222 e. The van der Waals surface area contributed by atoms with Crippen LogP contribution in [0, 0.1) is 0 Å². The fourth-order valence-electron chi connectivity index (χ4n) is 4.32. The number of ether oxygens (including phenoxy) is 1. The molecule has 5 nitrogen and oxygen atoms in total. The molecular formula is C26H22N2O3. The van der Waals surface area contributed by atoms with Crippen molar-refractivity contribution in [2.24, 2.45) is 0 Å². The third-order valence-electron chi connectivity index (χ3n) is 5.56. The lowest BCUT2D eigenvalue weighted by atomic mass is 9.83. The summed E-state index contributed by atoms with van der Waals surface area (Å²) in [4.78, 5) is 18.5. The molecule has 0 spiro atoms. The summed E-state index contributed by atoms with van der Waals surface area (Å²) in [6.45, 7) is 2.78. The van der Waals surface area contributed by atoms with Crippen LogP contribution < -0.4 is 10.1 Å². The smallest absolute Gasteiger partial charge is 0.222 e. The largest absolute Gasteiger partial charge is 0.477 e. The van der Waals surface area contributed by atoms with E-state index in [2.05, 4.69) is 5.32 Å². The topological polar surface area (TPSA) is 71.5 Å². The molecule has 0 radical (unpaired) electrons. The molecule has 154 valence electrons. The zero-order chi connectivity index (χ0) is 21.4. The lowest BCUT2D eigenvalue weighted by Crippen LogP contribution is -2.16. The number of rotatable bonds is 6. The van der Waals surface area contributed by atoms with Gasteiger partial charge in [0.1, 0.15) is 0 Å². The monoisotopic (exact) mass is 410 g/mol.